The van der Waals surface area contributed by atoms with Crippen LogP contribution >= 0.6 is 11.8 Å². The number of likely N-dealkylation sites (tertiary alicyclic amines) is 1. The largest absolute Gasteiger partial charge is 0.465 e. The van der Waals surface area contributed by atoms with Crippen LogP contribution in [-0.4, -0.2) is 118 Å². The molecule has 2 amide bonds. The number of amides is 2. The van der Waals surface area contributed by atoms with Crippen LogP contribution in [0.4, 0.5) is 0 Å². The van der Waals surface area contributed by atoms with Crippen molar-refractivity contribution >= 4 is 29.5 Å². The van der Waals surface area contributed by atoms with Gasteiger partial charge in [0.15, 0.2) is 0 Å². The fourth-order valence-electron chi connectivity index (χ4n) is 7.60. The maximum Gasteiger partial charge on any atom is 0.311 e. The van der Waals surface area contributed by atoms with Crippen LogP contribution < -0.4 is 0 Å². The fraction of sp³-hybridized carbons (Fsp3) is 0.606. The van der Waals surface area contributed by atoms with E-state index in [1.807, 2.05) is 54.3 Å². The molecule has 0 aliphatic carbocycles. The van der Waals surface area contributed by atoms with Gasteiger partial charge in [0.05, 0.1) is 49.1 Å². The van der Waals surface area contributed by atoms with Crippen molar-refractivity contribution in [3.63, 3.8) is 0 Å². The minimum Gasteiger partial charge on any atom is -0.465 e. The summed E-state index contributed by atoms with van der Waals surface area (Å²) in [4.78, 5) is 49.1. The van der Waals surface area contributed by atoms with Crippen molar-refractivity contribution in [1.82, 2.24) is 14.7 Å². The van der Waals surface area contributed by atoms with E-state index in [0.29, 0.717) is 39.3 Å². The molecule has 5 aliphatic heterocycles. The number of hydrogen-bond donors (Lipinski definition) is 1. The van der Waals surface area contributed by atoms with Crippen LogP contribution in [0.3, 0.4) is 0 Å². The second kappa shape index (κ2) is 12.8. The number of benzene rings is 1. The van der Waals surface area contributed by atoms with Gasteiger partial charge < -0.3 is 24.4 Å². The van der Waals surface area contributed by atoms with E-state index in [9.17, 15) is 19.5 Å². The molecule has 6 atom stereocenters. The van der Waals surface area contributed by atoms with Gasteiger partial charge in [0.1, 0.15) is 6.04 Å². The van der Waals surface area contributed by atoms with E-state index in [4.69, 9.17) is 9.47 Å². The average molecular weight is 610 g/mol. The van der Waals surface area contributed by atoms with Crippen molar-refractivity contribution in [2.24, 2.45) is 11.8 Å². The number of rotatable bonds is 7. The summed E-state index contributed by atoms with van der Waals surface area (Å²) in [7, 11) is 0. The molecule has 0 aromatic heterocycles. The number of allylic oxidation sites excluding steroid dienone is 1. The molecule has 1 spiro atoms. The highest BCUT2D eigenvalue weighted by atomic mass is 32.2. The maximum absolute atomic E-state index is 14.7. The topological polar surface area (TPSA) is 99.6 Å². The van der Waals surface area contributed by atoms with Gasteiger partial charge in [0.2, 0.25) is 11.8 Å². The lowest BCUT2D eigenvalue weighted by molar-refractivity contribution is -0.154. The number of esters is 1. The predicted molar refractivity (Wildman–Crippen MR) is 164 cm³/mol. The number of carbonyl (C=O) groups is 3. The van der Waals surface area contributed by atoms with E-state index in [2.05, 4.69) is 17.1 Å². The smallest absolute Gasteiger partial charge is 0.311 e. The lowest BCUT2D eigenvalue weighted by Gasteiger charge is -2.40. The first-order valence-corrected chi connectivity index (χ1v) is 16.5. The Morgan fingerprint density at radius 2 is 1.77 bits per heavy atom. The van der Waals surface area contributed by atoms with Crippen molar-refractivity contribution in [2.75, 3.05) is 59.2 Å². The van der Waals surface area contributed by atoms with E-state index >= 15 is 0 Å². The number of morpholine rings is 1. The summed E-state index contributed by atoms with van der Waals surface area (Å²) in [6.07, 6.45) is 11.2. The number of hydrogen-bond acceptors (Lipinski definition) is 8. The van der Waals surface area contributed by atoms with Gasteiger partial charge in [-0.3, -0.25) is 19.3 Å². The summed E-state index contributed by atoms with van der Waals surface area (Å²) in [6, 6.07) is 8.27. The zero-order valence-electron chi connectivity index (χ0n) is 24.9. The van der Waals surface area contributed by atoms with E-state index in [1.54, 1.807) is 16.7 Å². The monoisotopic (exact) mass is 609 g/mol. The minimum atomic E-state index is -0.969. The van der Waals surface area contributed by atoms with Crippen LogP contribution in [0.25, 0.3) is 0 Å². The van der Waals surface area contributed by atoms with Gasteiger partial charge in [-0.1, -0.05) is 54.6 Å². The van der Waals surface area contributed by atoms with Gasteiger partial charge >= 0.3 is 5.97 Å². The Morgan fingerprint density at radius 1 is 0.977 bits per heavy atom. The molecule has 5 heterocycles. The van der Waals surface area contributed by atoms with Crippen LogP contribution in [0.1, 0.15) is 31.7 Å². The first kappa shape index (κ1) is 30.4. The molecular formula is C33H43N3O6S. The average Bonchev–Trinajstić information content (AvgIpc) is 3.35. The Kier molecular flexibility index (Phi) is 9.01. The maximum atomic E-state index is 14.7. The number of nitrogens with zero attached hydrogens (tertiary/aromatic N) is 3. The Morgan fingerprint density at radius 3 is 2.53 bits per heavy atom. The number of cyclic esters (lactones) is 1. The molecule has 1 aromatic carbocycles. The van der Waals surface area contributed by atoms with E-state index in [0.717, 1.165) is 44.5 Å². The zero-order chi connectivity index (χ0) is 30.0. The van der Waals surface area contributed by atoms with Crippen LogP contribution in [0.5, 0.6) is 0 Å². The molecular weight excluding hydrogens is 566 g/mol. The summed E-state index contributed by atoms with van der Waals surface area (Å²) in [5.74, 6) is -2.29. The molecule has 3 fully saturated rings. The lowest BCUT2D eigenvalue weighted by Crippen LogP contribution is -2.58. The first-order valence-electron chi connectivity index (χ1n) is 15.7. The van der Waals surface area contributed by atoms with Crippen LogP contribution in [0, 0.1) is 11.8 Å². The van der Waals surface area contributed by atoms with Crippen LogP contribution in [0.2, 0.25) is 0 Å². The molecule has 43 heavy (non-hydrogen) atoms. The van der Waals surface area contributed by atoms with Crippen molar-refractivity contribution in [2.45, 2.75) is 54.2 Å². The van der Waals surface area contributed by atoms with Gasteiger partial charge in [0.25, 0.3) is 0 Å². The summed E-state index contributed by atoms with van der Waals surface area (Å²) >= 11 is 1.56. The number of aliphatic hydroxyl groups excluding tert-OH is 1. The van der Waals surface area contributed by atoms with E-state index in [-0.39, 0.29) is 24.4 Å². The molecule has 1 aromatic rings. The molecule has 9 nitrogen and oxygen atoms in total. The molecule has 0 bridgehead atoms. The molecule has 10 heteroatoms. The highest BCUT2D eigenvalue weighted by molar-refractivity contribution is 8.02. The second-order valence-electron chi connectivity index (χ2n) is 12.5. The summed E-state index contributed by atoms with van der Waals surface area (Å²) < 4.78 is 9.60. The predicted octanol–water partition coefficient (Wildman–Crippen LogP) is 2.29. The van der Waals surface area contributed by atoms with Crippen molar-refractivity contribution < 1.29 is 29.0 Å². The van der Waals surface area contributed by atoms with Crippen LogP contribution in [0.15, 0.2) is 54.6 Å². The molecule has 6 rings (SSSR count). The Hall–Kier alpha value is -2.66. The van der Waals surface area contributed by atoms with Gasteiger partial charge in [0, 0.05) is 37.5 Å². The van der Waals surface area contributed by atoms with Gasteiger partial charge in [-0.25, -0.2) is 0 Å². The van der Waals surface area contributed by atoms with Gasteiger partial charge in [-0.15, -0.1) is 11.8 Å². The molecule has 5 aliphatic rings. The number of carbonyl (C=O) groups excluding carboxylic acids is 3. The number of ether oxygens (including phenoxy) is 2. The molecule has 3 saturated heterocycles. The van der Waals surface area contributed by atoms with Gasteiger partial charge in [-0.2, -0.15) is 0 Å². The lowest BCUT2D eigenvalue weighted by atomic mass is 9.74. The summed E-state index contributed by atoms with van der Waals surface area (Å²) in [6.45, 7) is 6.73. The third-order valence-electron chi connectivity index (χ3n) is 9.73. The second-order valence-corrected chi connectivity index (χ2v) is 14.3. The van der Waals surface area contributed by atoms with Crippen LogP contribution in [-0.2, 0) is 30.3 Å². The Balaban J connectivity index is 1.40. The Bertz CT molecular complexity index is 1250. The quantitative estimate of drug-likeness (QED) is 0.372. The third-order valence-corrected chi connectivity index (χ3v) is 11.5. The number of thioether (sulfide) groups is 1. The standard InChI is InChI=1S/C33H43N3O6S/c1-32-12-7-2-3-8-19-42-31(40)27(32)26-29(38)36(25(23-37)22-24-10-5-4-6-11-24)28-30(39)35(14-9-13-33(26,28)43-32)16-15-34-17-20-41-21-18-34/h4-7,9-13,25-28,37H,2-3,8,14-23H2,1H3/b12-7-/t25-,26+,27-,28?,32+,33+/m1/s1. The van der Waals surface area contributed by atoms with Crippen molar-refractivity contribution in [1.29, 1.82) is 0 Å². The zero-order valence-corrected chi connectivity index (χ0v) is 25.8. The number of fused-ring (bicyclic) bond motifs is 2. The molecule has 0 saturated carbocycles. The fourth-order valence-corrected chi connectivity index (χ4v) is 9.74. The normalized spacial score (nSPS) is 34.7. The molecule has 1 unspecified atom stereocenters. The minimum absolute atomic E-state index is 0.127. The molecule has 232 valence electrons. The van der Waals surface area contributed by atoms with Crippen molar-refractivity contribution in [3.8, 4) is 0 Å². The number of aliphatic hydroxyl groups is 1. The summed E-state index contributed by atoms with van der Waals surface area (Å²) in [5.41, 5.74) is 0.972. The molecule has 0 radical (unpaired) electrons. The van der Waals surface area contributed by atoms with E-state index in [1.165, 1.54) is 0 Å². The van der Waals surface area contributed by atoms with Gasteiger partial charge in [-0.05, 0) is 38.2 Å². The summed E-state index contributed by atoms with van der Waals surface area (Å²) in [5, 5.41) is 10.7. The highest BCUT2D eigenvalue weighted by Crippen LogP contribution is 2.65. The first-order chi connectivity index (χ1) is 20.9. The highest BCUT2D eigenvalue weighted by Gasteiger charge is 2.74. The Labute approximate surface area is 258 Å². The third kappa shape index (κ3) is 5.67. The SMILES string of the molecule is C[C@]12/C=C\CCCCOC(=O)[C@H]1[C@H]1C(=O)N([C@@H](CO)Cc3ccccc3)C3C(=O)N(CCN4CCOCC4)CC=C[C@@]31S2. The molecule has 1 N–H and O–H groups in total. The van der Waals surface area contributed by atoms with E-state index < -0.39 is 33.4 Å². The van der Waals surface area contributed by atoms with Crippen molar-refractivity contribution in [3.05, 3.63) is 60.2 Å².